The largest absolute Gasteiger partial charge is 0.493 e. The van der Waals surface area contributed by atoms with Crippen LogP contribution in [0.3, 0.4) is 0 Å². The molecule has 1 N–H and O–H groups in total. The average molecular weight is 302 g/mol. The first-order valence-corrected chi connectivity index (χ1v) is 6.56. The molecule has 1 atom stereocenters. The van der Waals surface area contributed by atoms with Gasteiger partial charge in [0.15, 0.2) is 6.10 Å². The van der Waals surface area contributed by atoms with Crippen LogP contribution in [-0.2, 0) is 23.8 Å². The zero-order valence-corrected chi connectivity index (χ0v) is 11.9. The molecule has 0 unspecified atom stereocenters. The predicted molar refractivity (Wildman–Crippen MR) is 75.3 cm³/mol. The van der Waals surface area contributed by atoms with Crippen molar-refractivity contribution in [3.05, 3.63) is 41.9 Å². The van der Waals surface area contributed by atoms with Crippen LogP contribution >= 0.6 is 0 Å². The van der Waals surface area contributed by atoms with Crippen LogP contribution < -0.4 is 5.32 Å². The van der Waals surface area contributed by atoms with E-state index in [0.717, 1.165) is 6.26 Å². The van der Waals surface area contributed by atoms with Gasteiger partial charge in [0.05, 0.1) is 11.6 Å². The molecule has 1 heterocycles. The van der Waals surface area contributed by atoms with Gasteiger partial charge in [-0.3, -0.25) is 4.79 Å². The Hall–Kier alpha value is -3.01. The molecule has 0 saturated carbocycles. The summed E-state index contributed by atoms with van der Waals surface area (Å²) in [5.74, 6) is -1.36. The molecule has 0 spiro atoms. The SMILES string of the molecule is C[C@H](OC(=O)C1=COCCO1)C(=O)Nc1cccc(C#N)c1. The lowest BCUT2D eigenvalue weighted by molar-refractivity contribution is -0.153. The first-order valence-electron chi connectivity index (χ1n) is 6.56. The third-order valence-corrected chi connectivity index (χ3v) is 2.76. The summed E-state index contributed by atoms with van der Waals surface area (Å²) >= 11 is 0. The highest BCUT2D eigenvalue weighted by molar-refractivity contribution is 5.96. The molecule has 2 rings (SSSR count). The molecule has 0 aromatic heterocycles. The van der Waals surface area contributed by atoms with Gasteiger partial charge >= 0.3 is 5.97 Å². The van der Waals surface area contributed by atoms with Gasteiger partial charge in [0.1, 0.15) is 19.5 Å². The van der Waals surface area contributed by atoms with E-state index < -0.39 is 18.0 Å². The highest BCUT2D eigenvalue weighted by Crippen LogP contribution is 2.12. The lowest BCUT2D eigenvalue weighted by Crippen LogP contribution is -2.31. The molecular formula is C15H14N2O5. The third kappa shape index (κ3) is 3.99. The molecule has 7 heteroatoms. The molecule has 114 valence electrons. The van der Waals surface area contributed by atoms with Crippen molar-refractivity contribution in [3.8, 4) is 6.07 Å². The summed E-state index contributed by atoms with van der Waals surface area (Å²) in [7, 11) is 0. The molecule has 1 aromatic rings. The normalized spacial score (nSPS) is 14.5. The Balaban J connectivity index is 1.93. The van der Waals surface area contributed by atoms with Gasteiger partial charge < -0.3 is 19.5 Å². The maximum Gasteiger partial charge on any atom is 0.377 e. The minimum atomic E-state index is -1.02. The fourth-order valence-electron chi connectivity index (χ4n) is 1.66. The van der Waals surface area contributed by atoms with E-state index in [1.807, 2.05) is 6.07 Å². The monoisotopic (exact) mass is 302 g/mol. The van der Waals surface area contributed by atoms with Crippen LogP contribution in [0.2, 0.25) is 0 Å². The Morgan fingerprint density at radius 2 is 2.23 bits per heavy atom. The van der Waals surface area contributed by atoms with Crippen molar-refractivity contribution in [3.63, 3.8) is 0 Å². The van der Waals surface area contributed by atoms with Crippen molar-refractivity contribution in [2.75, 3.05) is 18.5 Å². The Labute approximate surface area is 127 Å². The number of hydrogen-bond acceptors (Lipinski definition) is 6. The predicted octanol–water partition coefficient (Wildman–Crippen LogP) is 1.32. The van der Waals surface area contributed by atoms with Crippen LogP contribution in [0.15, 0.2) is 36.3 Å². The van der Waals surface area contributed by atoms with E-state index in [1.54, 1.807) is 18.2 Å². The second-order valence-electron chi connectivity index (χ2n) is 4.43. The zero-order chi connectivity index (χ0) is 15.9. The molecule has 0 saturated heterocycles. The molecule has 0 radical (unpaired) electrons. The van der Waals surface area contributed by atoms with Crippen molar-refractivity contribution >= 4 is 17.6 Å². The van der Waals surface area contributed by atoms with Crippen molar-refractivity contribution in [1.82, 2.24) is 0 Å². The maximum atomic E-state index is 12.0. The number of esters is 1. The minimum absolute atomic E-state index is 0.0719. The standard InChI is InChI=1S/C15H14N2O5/c1-10(22-15(19)13-9-20-5-6-21-13)14(18)17-12-4-2-3-11(7-12)8-16/h2-4,7,9-10H,5-6H2,1H3,(H,17,18)/t10-/m0/s1. The molecule has 22 heavy (non-hydrogen) atoms. The van der Waals surface area contributed by atoms with Crippen molar-refractivity contribution in [2.45, 2.75) is 13.0 Å². The Morgan fingerprint density at radius 1 is 1.41 bits per heavy atom. The lowest BCUT2D eigenvalue weighted by Gasteiger charge is -2.17. The number of carbonyl (C=O) groups is 2. The van der Waals surface area contributed by atoms with E-state index in [9.17, 15) is 9.59 Å². The van der Waals surface area contributed by atoms with Gasteiger partial charge in [-0.2, -0.15) is 5.26 Å². The van der Waals surface area contributed by atoms with Gasteiger partial charge in [-0.25, -0.2) is 4.79 Å². The first kappa shape index (κ1) is 15.4. The number of anilines is 1. The first-order chi connectivity index (χ1) is 10.6. The highest BCUT2D eigenvalue weighted by Gasteiger charge is 2.23. The number of nitrogens with one attached hydrogen (secondary N) is 1. The number of hydrogen-bond donors (Lipinski definition) is 1. The Morgan fingerprint density at radius 3 is 2.91 bits per heavy atom. The van der Waals surface area contributed by atoms with Gasteiger partial charge in [-0.05, 0) is 25.1 Å². The molecule has 7 nitrogen and oxygen atoms in total. The fourth-order valence-corrected chi connectivity index (χ4v) is 1.66. The van der Waals surface area contributed by atoms with E-state index in [4.69, 9.17) is 19.5 Å². The summed E-state index contributed by atoms with van der Waals surface area (Å²) in [4.78, 5) is 23.7. The molecule has 0 bridgehead atoms. The smallest absolute Gasteiger partial charge is 0.377 e. The summed E-state index contributed by atoms with van der Waals surface area (Å²) < 4.78 is 15.0. The van der Waals surface area contributed by atoms with E-state index >= 15 is 0 Å². The van der Waals surface area contributed by atoms with E-state index in [2.05, 4.69) is 5.32 Å². The lowest BCUT2D eigenvalue weighted by atomic mass is 10.2. The number of amides is 1. The van der Waals surface area contributed by atoms with Crippen LogP contribution in [-0.4, -0.2) is 31.2 Å². The van der Waals surface area contributed by atoms with Gasteiger partial charge in [0.25, 0.3) is 5.91 Å². The number of carbonyl (C=O) groups excluding carboxylic acids is 2. The molecule has 0 aliphatic carbocycles. The van der Waals surface area contributed by atoms with Crippen molar-refractivity contribution < 1.29 is 23.8 Å². The quantitative estimate of drug-likeness (QED) is 0.842. The third-order valence-electron chi connectivity index (χ3n) is 2.76. The molecule has 0 fully saturated rings. The number of nitriles is 1. The van der Waals surface area contributed by atoms with Crippen LogP contribution in [0, 0.1) is 11.3 Å². The van der Waals surface area contributed by atoms with Crippen LogP contribution in [0.5, 0.6) is 0 Å². The van der Waals surface area contributed by atoms with Gasteiger partial charge in [-0.1, -0.05) is 6.07 Å². The van der Waals surface area contributed by atoms with E-state index in [-0.39, 0.29) is 12.4 Å². The number of benzene rings is 1. The van der Waals surface area contributed by atoms with Gasteiger partial charge in [-0.15, -0.1) is 0 Å². The summed E-state index contributed by atoms with van der Waals surface area (Å²) in [6, 6.07) is 8.38. The highest BCUT2D eigenvalue weighted by atomic mass is 16.6. The fraction of sp³-hybridized carbons (Fsp3) is 0.267. The molecule has 1 aromatic carbocycles. The second-order valence-corrected chi connectivity index (χ2v) is 4.43. The Kier molecular flexibility index (Phi) is 4.98. The van der Waals surface area contributed by atoms with Gasteiger partial charge in [0, 0.05) is 5.69 Å². The van der Waals surface area contributed by atoms with Crippen LogP contribution in [0.1, 0.15) is 12.5 Å². The summed E-state index contributed by atoms with van der Waals surface area (Å²) in [5.41, 5.74) is 0.865. The maximum absolute atomic E-state index is 12.0. The summed E-state index contributed by atoms with van der Waals surface area (Å²) in [5, 5.41) is 11.4. The summed E-state index contributed by atoms with van der Waals surface area (Å²) in [6.07, 6.45) is 0.136. The van der Waals surface area contributed by atoms with Crippen molar-refractivity contribution in [2.24, 2.45) is 0 Å². The molecular weight excluding hydrogens is 288 g/mol. The number of nitrogens with zero attached hydrogens (tertiary/aromatic N) is 1. The Bertz CT molecular complexity index is 648. The molecule has 1 aliphatic heterocycles. The zero-order valence-electron chi connectivity index (χ0n) is 11.9. The molecule has 1 aliphatic rings. The topological polar surface area (TPSA) is 97.7 Å². The van der Waals surface area contributed by atoms with Crippen molar-refractivity contribution in [1.29, 1.82) is 5.26 Å². The average Bonchev–Trinajstić information content (AvgIpc) is 2.55. The van der Waals surface area contributed by atoms with E-state index in [1.165, 1.54) is 13.0 Å². The number of rotatable bonds is 4. The number of ether oxygens (including phenoxy) is 3. The summed E-state index contributed by atoms with van der Waals surface area (Å²) in [6.45, 7) is 2.05. The van der Waals surface area contributed by atoms with Crippen LogP contribution in [0.4, 0.5) is 5.69 Å². The molecule has 1 amide bonds. The van der Waals surface area contributed by atoms with E-state index in [0.29, 0.717) is 17.9 Å². The minimum Gasteiger partial charge on any atom is -0.493 e. The van der Waals surface area contributed by atoms with Crippen LogP contribution in [0.25, 0.3) is 0 Å². The second kappa shape index (κ2) is 7.13. The van der Waals surface area contributed by atoms with Gasteiger partial charge in [0.2, 0.25) is 5.76 Å².